The number of anilines is 1. The zero-order chi connectivity index (χ0) is 13.8. The zero-order valence-electron chi connectivity index (χ0n) is 10.5. The molecule has 1 fully saturated rings. The van der Waals surface area contributed by atoms with Crippen molar-refractivity contribution in [1.29, 1.82) is 0 Å². The highest BCUT2D eigenvalue weighted by Gasteiger charge is 2.25. The molecule has 102 valence electrons. The molecule has 0 bridgehead atoms. The molecule has 2 N–H and O–H groups in total. The number of hydrogen-bond donors (Lipinski definition) is 2. The van der Waals surface area contributed by atoms with E-state index in [9.17, 15) is 9.59 Å². The molecule has 6 heteroatoms. The van der Waals surface area contributed by atoms with Crippen molar-refractivity contribution in [2.75, 3.05) is 19.0 Å². The molecule has 0 aliphatic carbocycles. The van der Waals surface area contributed by atoms with Gasteiger partial charge in [-0.25, -0.2) is 4.79 Å². The van der Waals surface area contributed by atoms with Crippen LogP contribution in [-0.4, -0.2) is 36.8 Å². The smallest absolute Gasteiger partial charge is 0.337 e. The van der Waals surface area contributed by atoms with Crippen molar-refractivity contribution < 1.29 is 24.2 Å². The molecule has 1 atom stereocenters. The Morgan fingerprint density at radius 2 is 2.26 bits per heavy atom. The van der Waals surface area contributed by atoms with Gasteiger partial charge in [-0.05, 0) is 25.0 Å². The second-order valence-corrected chi connectivity index (χ2v) is 4.21. The molecule has 1 aromatic rings. The van der Waals surface area contributed by atoms with Crippen LogP contribution < -0.4 is 10.1 Å². The second kappa shape index (κ2) is 5.71. The summed E-state index contributed by atoms with van der Waals surface area (Å²) in [6.45, 7) is 0.558. The van der Waals surface area contributed by atoms with E-state index in [1.807, 2.05) is 0 Å². The van der Waals surface area contributed by atoms with Gasteiger partial charge in [-0.15, -0.1) is 0 Å². The SMILES string of the molecule is COc1ccc(C(=O)O)c(NC(=O)C2CCCO2)c1. The number of methoxy groups -OCH3 is 1. The second-order valence-electron chi connectivity index (χ2n) is 4.21. The molecule has 1 amide bonds. The maximum atomic E-state index is 11.9. The summed E-state index contributed by atoms with van der Waals surface area (Å²) in [4.78, 5) is 23.0. The number of hydrogen-bond acceptors (Lipinski definition) is 4. The van der Waals surface area contributed by atoms with E-state index in [1.165, 1.54) is 25.3 Å². The monoisotopic (exact) mass is 265 g/mol. The van der Waals surface area contributed by atoms with Crippen LogP contribution in [-0.2, 0) is 9.53 Å². The van der Waals surface area contributed by atoms with Crippen LogP contribution in [0, 0.1) is 0 Å². The zero-order valence-corrected chi connectivity index (χ0v) is 10.5. The molecule has 0 spiro atoms. The van der Waals surface area contributed by atoms with E-state index in [0.717, 1.165) is 6.42 Å². The van der Waals surface area contributed by atoms with Crippen LogP contribution in [0.2, 0.25) is 0 Å². The lowest BCUT2D eigenvalue weighted by Gasteiger charge is -2.13. The lowest BCUT2D eigenvalue weighted by atomic mass is 10.1. The summed E-state index contributed by atoms with van der Waals surface area (Å²) in [5, 5.41) is 11.7. The van der Waals surface area contributed by atoms with Gasteiger partial charge in [0, 0.05) is 12.7 Å². The van der Waals surface area contributed by atoms with Crippen molar-refractivity contribution in [2.45, 2.75) is 18.9 Å². The van der Waals surface area contributed by atoms with Crippen LogP contribution in [0.15, 0.2) is 18.2 Å². The third kappa shape index (κ3) is 3.03. The van der Waals surface area contributed by atoms with E-state index < -0.39 is 12.1 Å². The van der Waals surface area contributed by atoms with Gasteiger partial charge in [0.25, 0.3) is 5.91 Å². The van der Waals surface area contributed by atoms with Crippen LogP contribution in [0.3, 0.4) is 0 Å². The van der Waals surface area contributed by atoms with Crippen LogP contribution in [0.5, 0.6) is 5.75 Å². The van der Waals surface area contributed by atoms with Crippen molar-refractivity contribution >= 4 is 17.6 Å². The minimum Gasteiger partial charge on any atom is -0.497 e. The summed E-state index contributed by atoms with van der Waals surface area (Å²) in [5.74, 6) is -0.953. The number of aromatic carboxylic acids is 1. The van der Waals surface area contributed by atoms with Crippen molar-refractivity contribution in [3.05, 3.63) is 23.8 Å². The van der Waals surface area contributed by atoms with Gasteiger partial charge in [0.15, 0.2) is 0 Å². The van der Waals surface area contributed by atoms with E-state index in [2.05, 4.69) is 5.32 Å². The van der Waals surface area contributed by atoms with E-state index in [-0.39, 0.29) is 17.2 Å². The van der Waals surface area contributed by atoms with Crippen molar-refractivity contribution in [1.82, 2.24) is 0 Å². The predicted octanol–water partition coefficient (Wildman–Crippen LogP) is 1.51. The molecule has 1 aliphatic heterocycles. The lowest BCUT2D eigenvalue weighted by molar-refractivity contribution is -0.124. The third-order valence-corrected chi connectivity index (χ3v) is 2.94. The summed E-state index contributed by atoms with van der Waals surface area (Å²) in [5.41, 5.74) is 0.236. The summed E-state index contributed by atoms with van der Waals surface area (Å²) >= 11 is 0. The number of nitrogens with one attached hydrogen (secondary N) is 1. The molecule has 1 unspecified atom stereocenters. The molecular weight excluding hydrogens is 250 g/mol. The van der Waals surface area contributed by atoms with Crippen molar-refractivity contribution in [2.24, 2.45) is 0 Å². The Labute approximate surface area is 110 Å². The Hall–Kier alpha value is -2.08. The first-order chi connectivity index (χ1) is 9.11. The molecule has 1 saturated heterocycles. The number of amides is 1. The first-order valence-corrected chi connectivity index (χ1v) is 5.95. The highest BCUT2D eigenvalue weighted by atomic mass is 16.5. The van der Waals surface area contributed by atoms with E-state index in [0.29, 0.717) is 18.8 Å². The summed E-state index contributed by atoms with van der Waals surface area (Å²) < 4.78 is 10.3. The minimum absolute atomic E-state index is 0.0205. The topological polar surface area (TPSA) is 84.9 Å². The number of carbonyl (C=O) groups is 2. The third-order valence-electron chi connectivity index (χ3n) is 2.94. The highest BCUT2D eigenvalue weighted by molar-refractivity contribution is 6.02. The van der Waals surface area contributed by atoms with Gasteiger partial charge in [-0.2, -0.15) is 0 Å². The average Bonchev–Trinajstić information content (AvgIpc) is 2.92. The molecular formula is C13H15NO5. The fraction of sp³-hybridized carbons (Fsp3) is 0.385. The van der Waals surface area contributed by atoms with Gasteiger partial charge in [-0.1, -0.05) is 0 Å². The average molecular weight is 265 g/mol. The fourth-order valence-electron chi connectivity index (χ4n) is 1.94. The van der Waals surface area contributed by atoms with Gasteiger partial charge in [0.1, 0.15) is 11.9 Å². The molecule has 19 heavy (non-hydrogen) atoms. The number of ether oxygens (including phenoxy) is 2. The van der Waals surface area contributed by atoms with Gasteiger partial charge in [0.05, 0.1) is 18.4 Å². The largest absolute Gasteiger partial charge is 0.497 e. The maximum absolute atomic E-state index is 11.9. The quantitative estimate of drug-likeness (QED) is 0.862. The van der Waals surface area contributed by atoms with E-state index in [4.69, 9.17) is 14.6 Å². The predicted molar refractivity (Wildman–Crippen MR) is 67.6 cm³/mol. The van der Waals surface area contributed by atoms with Crippen LogP contribution in [0.4, 0.5) is 5.69 Å². The van der Waals surface area contributed by atoms with Crippen LogP contribution >= 0.6 is 0 Å². The Balaban J connectivity index is 2.21. The number of carbonyl (C=O) groups excluding carboxylic acids is 1. The molecule has 6 nitrogen and oxygen atoms in total. The van der Waals surface area contributed by atoms with Gasteiger partial charge >= 0.3 is 5.97 Å². The van der Waals surface area contributed by atoms with Gasteiger partial charge in [-0.3, -0.25) is 4.79 Å². The minimum atomic E-state index is -1.11. The van der Waals surface area contributed by atoms with E-state index >= 15 is 0 Å². The van der Waals surface area contributed by atoms with Crippen LogP contribution in [0.1, 0.15) is 23.2 Å². The molecule has 0 aromatic heterocycles. The lowest BCUT2D eigenvalue weighted by Crippen LogP contribution is -2.27. The summed E-state index contributed by atoms with van der Waals surface area (Å²) in [7, 11) is 1.47. The maximum Gasteiger partial charge on any atom is 0.337 e. The Kier molecular flexibility index (Phi) is 4.01. The molecule has 1 aliphatic rings. The number of rotatable bonds is 4. The van der Waals surface area contributed by atoms with Crippen LogP contribution in [0.25, 0.3) is 0 Å². The number of carboxylic acids is 1. The van der Waals surface area contributed by atoms with Gasteiger partial charge < -0.3 is 19.9 Å². The molecule has 1 heterocycles. The fourth-order valence-corrected chi connectivity index (χ4v) is 1.94. The molecule has 2 rings (SSSR count). The summed E-state index contributed by atoms with van der Waals surface area (Å²) in [6, 6.07) is 4.41. The first-order valence-electron chi connectivity index (χ1n) is 5.95. The number of benzene rings is 1. The normalized spacial score (nSPS) is 18.1. The van der Waals surface area contributed by atoms with E-state index in [1.54, 1.807) is 0 Å². The summed E-state index contributed by atoms with van der Waals surface area (Å²) in [6.07, 6.45) is 0.980. The first kappa shape index (κ1) is 13.4. The number of carboxylic acid groups (broad SMARTS) is 1. The Morgan fingerprint density at radius 3 is 2.84 bits per heavy atom. The van der Waals surface area contributed by atoms with Crippen molar-refractivity contribution in [3.63, 3.8) is 0 Å². The molecule has 0 saturated carbocycles. The Morgan fingerprint density at radius 1 is 1.47 bits per heavy atom. The van der Waals surface area contributed by atoms with Crippen molar-refractivity contribution in [3.8, 4) is 5.75 Å². The highest BCUT2D eigenvalue weighted by Crippen LogP contribution is 2.24. The molecule has 0 radical (unpaired) electrons. The molecule has 1 aromatic carbocycles. The Bertz CT molecular complexity index is 494. The standard InChI is InChI=1S/C13H15NO5/c1-18-8-4-5-9(13(16)17)10(7-8)14-12(15)11-3-2-6-19-11/h4-5,7,11H,2-3,6H2,1H3,(H,14,15)(H,16,17). The van der Waals surface area contributed by atoms with Gasteiger partial charge in [0.2, 0.25) is 0 Å².